The summed E-state index contributed by atoms with van der Waals surface area (Å²) < 4.78 is 54.3. The number of aromatic nitrogens is 1. The predicted molar refractivity (Wildman–Crippen MR) is 89.2 cm³/mol. The number of sulfonamides is 1. The van der Waals surface area contributed by atoms with E-state index in [9.17, 15) is 17.2 Å². The van der Waals surface area contributed by atoms with Gasteiger partial charge in [-0.05, 0) is 41.5 Å². The molecule has 4 nitrogen and oxygen atoms in total. The smallest absolute Gasteiger partial charge is 0.241 e. The number of hydrogen-bond acceptors (Lipinski definition) is 3. The molecule has 0 unspecified atom stereocenters. The highest BCUT2D eigenvalue weighted by atomic mass is 32.2. The molecule has 25 heavy (non-hydrogen) atoms. The maximum Gasteiger partial charge on any atom is 0.241 e. The largest absolute Gasteiger partial charge is 0.265 e. The molecule has 3 aromatic rings. The zero-order valence-electron chi connectivity index (χ0n) is 12.9. The highest BCUT2D eigenvalue weighted by Gasteiger charge is 2.23. The van der Waals surface area contributed by atoms with Crippen LogP contribution in [-0.4, -0.2) is 13.4 Å². The van der Waals surface area contributed by atoms with E-state index < -0.39 is 27.7 Å². The van der Waals surface area contributed by atoms with Crippen molar-refractivity contribution in [3.63, 3.8) is 0 Å². The van der Waals surface area contributed by atoms with Gasteiger partial charge in [-0.3, -0.25) is 4.98 Å². The Morgan fingerprint density at radius 3 is 2.12 bits per heavy atom. The van der Waals surface area contributed by atoms with Crippen LogP contribution in [0.3, 0.4) is 0 Å². The fourth-order valence-electron chi connectivity index (χ4n) is 2.40. The van der Waals surface area contributed by atoms with Gasteiger partial charge in [-0.25, -0.2) is 17.2 Å². The van der Waals surface area contributed by atoms with Crippen LogP contribution in [0.4, 0.5) is 8.78 Å². The Morgan fingerprint density at radius 2 is 1.48 bits per heavy atom. The van der Waals surface area contributed by atoms with E-state index in [2.05, 4.69) is 9.71 Å². The first-order valence-corrected chi connectivity index (χ1v) is 8.88. The number of pyridine rings is 1. The van der Waals surface area contributed by atoms with Crippen LogP contribution in [0.25, 0.3) is 0 Å². The average molecular weight is 360 g/mol. The quantitative estimate of drug-likeness (QED) is 0.758. The molecule has 0 aliphatic rings. The first-order valence-electron chi connectivity index (χ1n) is 7.39. The molecular formula is C18H14F2N2O2S. The summed E-state index contributed by atoms with van der Waals surface area (Å²) in [6.07, 6.45) is 3.11. The van der Waals surface area contributed by atoms with E-state index in [0.29, 0.717) is 17.2 Å². The van der Waals surface area contributed by atoms with Crippen molar-refractivity contribution < 1.29 is 17.2 Å². The van der Waals surface area contributed by atoms with Crippen molar-refractivity contribution in [3.05, 3.63) is 95.8 Å². The van der Waals surface area contributed by atoms with Crippen LogP contribution in [0.2, 0.25) is 0 Å². The predicted octanol–water partition coefficient (Wildman–Crippen LogP) is 3.43. The molecule has 1 N–H and O–H groups in total. The van der Waals surface area contributed by atoms with E-state index in [-0.39, 0.29) is 4.90 Å². The van der Waals surface area contributed by atoms with Gasteiger partial charge in [0.05, 0.1) is 10.9 Å². The molecule has 1 heterocycles. The van der Waals surface area contributed by atoms with Crippen LogP contribution >= 0.6 is 0 Å². The molecule has 0 saturated carbocycles. The van der Waals surface area contributed by atoms with Crippen molar-refractivity contribution in [2.75, 3.05) is 0 Å². The van der Waals surface area contributed by atoms with Crippen molar-refractivity contribution in [1.29, 1.82) is 0 Å². The van der Waals surface area contributed by atoms with E-state index in [1.165, 1.54) is 0 Å². The highest BCUT2D eigenvalue weighted by molar-refractivity contribution is 7.89. The second-order valence-corrected chi connectivity index (χ2v) is 7.04. The van der Waals surface area contributed by atoms with Gasteiger partial charge in [0.1, 0.15) is 0 Å². The lowest BCUT2D eigenvalue weighted by Gasteiger charge is -2.19. The molecule has 3 rings (SSSR count). The molecule has 0 spiro atoms. The summed E-state index contributed by atoms with van der Waals surface area (Å²) in [5.74, 6) is -2.32. The first kappa shape index (κ1) is 17.2. The van der Waals surface area contributed by atoms with Gasteiger partial charge in [0.25, 0.3) is 0 Å². The minimum absolute atomic E-state index is 0.346. The summed E-state index contributed by atoms with van der Waals surface area (Å²) in [7, 11) is -4.07. The van der Waals surface area contributed by atoms with E-state index in [4.69, 9.17) is 0 Å². The fraction of sp³-hybridized carbons (Fsp3) is 0.0556. The highest BCUT2D eigenvalue weighted by Crippen LogP contribution is 2.24. The van der Waals surface area contributed by atoms with Crippen LogP contribution in [0.1, 0.15) is 17.2 Å². The van der Waals surface area contributed by atoms with E-state index in [1.54, 1.807) is 48.8 Å². The standard InChI is InChI=1S/C18H14F2N2O2S/c19-16-7-6-15(12-17(16)20)25(23,24)22-18(13-4-2-1-3-5-13)14-8-10-21-11-9-14/h1-12,18,22H/t18-/m0/s1. The summed E-state index contributed by atoms with van der Waals surface area (Å²) in [4.78, 5) is 3.58. The lowest BCUT2D eigenvalue weighted by molar-refractivity contribution is 0.504. The molecular weight excluding hydrogens is 346 g/mol. The molecule has 2 aromatic carbocycles. The third-order valence-electron chi connectivity index (χ3n) is 3.65. The molecule has 0 amide bonds. The topological polar surface area (TPSA) is 59.1 Å². The Morgan fingerprint density at radius 1 is 0.840 bits per heavy atom. The van der Waals surface area contributed by atoms with Gasteiger partial charge in [0.2, 0.25) is 10.0 Å². The lowest BCUT2D eigenvalue weighted by Crippen LogP contribution is -2.29. The van der Waals surface area contributed by atoms with Gasteiger partial charge >= 0.3 is 0 Å². The third kappa shape index (κ3) is 3.89. The Hall–Kier alpha value is -2.64. The van der Waals surface area contributed by atoms with Crippen LogP contribution < -0.4 is 4.72 Å². The molecule has 0 fully saturated rings. The van der Waals surface area contributed by atoms with Crippen LogP contribution in [0, 0.1) is 11.6 Å². The average Bonchev–Trinajstić information content (AvgIpc) is 2.63. The maximum atomic E-state index is 13.4. The minimum atomic E-state index is -4.07. The molecule has 0 bridgehead atoms. The normalized spacial score (nSPS) is 12.7. The zero-order chi connectivity index (χ0) is 17.9. The molecule has 7 heteroatoms. The Kier molecular flexibility index (Phi) is 4.87. The molecule has 1 atom stereocenters. The SMILES string of the molecule is O=S(=O)(N[C@@H](c1ccccc1)c1ccncc1)c1ccc(F)c(F)c1. The maximum absolute atomic E-state index is 13.4. The minimum Gasteiger partial charge on any atom is -0.265 e. The van der Waals surface area contributed by atoms with Gasteiger partial charge in [-0.2, -0.15) is 4.72 Å². The van der Waals surface area contributed by atoms with Gasteiger partial charge < -0.3 is 0 Å². The van der Waals surface area contributed by atoms with Crippen molar-refractivity contribution >= 4 is 10.0 Å². The summed E-state index contributed by atoms with van der Waals surface area (Å²) in [6, 6.07) is 14.1. The third-order valence-corrected chi connectivity index (χ3v) is 5.07. The molecule has 0 saturated heterocycles. The zero-order valence-corrected chi connectivity index (χ0v) is 13.7. The van der Waals surface area contributed by atoms with Gasteiger partial charge in [-0.15, -0.1) is 0 Å². The van der Waals surface area contributed by atoms with Gasteiger partial charge in [0.15, 0.2) is 11.6 Å². The molecule has 0 aliphatic heterocycles. The first-order chi connectivity index (χ1) is 12.0. The van der Waals surface area contributed by atoms with Crippen LogP contribution in [0.15, 0.2) is 78.0 Å². The van der Waals surface area contributed by atoms with E-state index >= 15 is 0 Å². The van der Waals surface area contributed by atoms with Crippen LogP contribution in [0.5, 0.6) is 0 Å². The Bertz CT molecular complexity index is 925. The van der Waals surface area contributed by atoms with E-state index in [0.717, 1.165) is 12.1 Å². The molecule has 0 radical (unpaired) electrons. The van der Waals surface area contributed by atoms with Crippen molar-refractivity contribution in [2.24, 2.45) is 0 Å². The number of nitrogens with zero attached hydrogens (tertiary/aromatic N) is 1. The van der Waals surface area contributed by atoms with Crippen molar-refractivity contribution in [2.45, 2.75) is 10.9 Å². The van der Waals surface area contributed by atoms with Gasteiger partial charge in [-0.1, -0.05) is 30.3 Å². The number of halogens is 2. The second-order valence-electron chi connectivity index (χ2n) is 5.32. The lowest BCUT2D eigenvalue weighted by atomic mass is 10.0. The van der Waals surface area contributed by atoms with Crippen LogP contribution in [-0.2, 0) is 10.0 Å². The summed E-state index contributed by atoms with van der Waals surface area (Å²) >= 11 is 0. The Labute approximate surface area is 144 Å². The number of rotatable bonds is 5. The fourth-order valence-corrected chi connectivity index (χ4v) is 3.62. The number of nitrogens with one attached hydrogen (secondary N) is 1. The summed E-state index contributed by atoms with van der Waals surface area (Å²) in [5.41, 5.74) is 1.38. The van der Waals surface area contributed by atoms with Gasteiger partial charge in [0, 0.05) is 12.4 Å². The monoisotopic (exact) mass is 360 g/mol. The molecule has 128 valence electrons. The molecule has 0 aliphatic carbocycles. The second kappa shape index (κ2) is 7.08. The number of benzene rings is 2. The number of hydrogen-bond donors (Lipinski definition) is 1. The molecule has 1 aromatic heterocycles. The summed E-state index contributed by atoms with van der Waals surface area (Å²) in [5, 5.41) is 0. The Balaban J connectivity index is 2.01. The van der Waals surface area contributed by atoms with Crippen molar-refractivity contribution in [3.8, 4) is 0 Å². The van der Waals surface area contributed by atoms with Crippen molar-refractivity contribution in [1.82, 2.24) is 9.71 Å². The van der Waals surface area contributed by atoms with E-state index in [1.807, 2.05) is 6.07 Å². The summed E-state index contributed by atoms with van der Waals surface area (Å²) in [6.45, 7) is 0.